The molecule has 8 nitrogen and oxygen atoms in total. The van der Waals surface area contributed by atoms with E-state index in [1.54, 1.807) is 12.1 Å². The lowest BCUT2D eigenvalue weighted by Gasteiger charge is -2.26. The number of aromatic nitrogens is 2. The highest BCUT2D eigenvalue weighted by atomic mass is 32.2. The Morgan fingerprint density at radius 2 is 1.84 bits per heavy atom. The number of carboxylic acid groups (broad SMARTS) is 1. The third kappa shape index (κ3) is 8.37. The van der Waals surface area contributed by atoms with Crippen LogP contribution in [0.15, 0.2) is 41.7 Å². The molecule has 1 aliphatic carbocycles. The van der Waals surface area contributed by atoms with Gasteiger partial charge in [-0.15, -0.1) is 0 Å². The van der Waals surface area contributed by atoms with Gasteiger partial charge in [0.25, 0.3) is 10.1 Å². The smallest absolute Gasteiger partial charge is 0.306 e. The second kappa shape index (κ2) is 12.1. The van der Waals surface area contributed by atoms with Crippen molar-refractivity contribution in [3.05, 3.63) is 48.0 Å². The first kappa shape index (κ1) is 26.0. The van der Waals surface area contributed by atoms with Gasteiger partial charge in [0.1, 0.15) is 0 Å². The number of imidazole rings is 1. The Morgan fingerprint density at radius 1 is 1.22 bits per heavy atom. The molecular formula is C23H35N3O5S. The van der Waals surface area contributed by atoms with Crippen LogP contribution in [0.1, 0.15) is 62.7 Å². The number of carboxylic acids is 1. The predicted molar refractivity (Wildman–Crippen MR) is 123 cm³/mol. The topological polar surface area (TPSA) is 136 Å². The molecule has 0 radical (unpaired) electrons. The van der Waals surface area contributed by atoms with Gasteiger partial charge in [0.2, 0.25) is 0 Å². The first-order valence-electron chi connectivity index (χ1n) is 11.1. The second-order valence-corrected chi connectivity index (χ2v) is 10.1. The maximum Gasteiger partial charge on any atom is 0.306 e. The summed E-state index contributed by atoms with van der Waals surface area (Å²) < 4.78 is 31.7. The molecule has 1 heterocycles. The molecule has 0 saturated heterocycles. The summed E-state index contributed by atoms with van der Waals surface area (Å²) in [6.07, 6.45) is 10.7. The highest BCUT2D eigenvalue weighted by molar-refractivity contribution is 7.85. The van der Waals surface area contributed by atoms with Crippen LogP contribution in [0, 0.1) is 18.8 Å². The lowest BCUT2D eigenvalue weighted by molar-refractivity contribution is -0.142. The first-order chi connectivity index (χ1) is 15.1. The fourth-order valence-corrected chi connectivity index (χ4v) is 4.35. The van der Waals surface area contributed by atoms with Gasteiger partial charge >= 0.3 is 5.97 Å². The second-order valence-electron chi connectivity index (χ2n) is 8.68. The quantitative estimate of drug-likeness (QED) is 0.504. The molecule has 1 aromatic carbocycles. The molecule has 0 amide bonds. The van der Waals surface area contributed by atoms with Crippen LogP contribution in [-0.2, 0) is 21.3 Å². The molecule has 0 spiro atoms. The van der Waals surface area contributed by atoms with E-state index in [0.29, 0.717) is 25.4 Å². The van der Waals surface area contributed by atoms with E-state index >= 15 is 0 Å². The van der Waals surface area contributed by atoms with E-state index < -0.39 is 16.1 Å². The SMILES string of the molecule is C[C@H]1CC[C@H](n2cnc(CC(CCCN)C(=O)O)c2)CC1.Cc1ccc(S(=O)(=O)O)cc1. The summed E-state index contributed by atoms with van der Waals surface area (Å²) in [6.45, 7) is 4.69. The number of aryl methyl sites for hydroxylation is 1. The molecule has 0 aliphatic heterocycles. The number of benzene rings is 1. The monoisotopic (exact) mass is 465 g/mol. The molecule has 4 N–H and O–H groups in total. The molecule has 1 atom stereocenters. The van der Waals surface area contributed by atoms with Crippen molar-refractivity contribution in [2.45, 2.75) is 69.7 Å². The maximum absolute atomic E-state index is 11.3. The number of rotatable bonds is 8. The zero-order chi connectivity index (χ0) is 23.7. The van der Waals surface area contributed by atoms with E-state index in [1.165, 1.54) is 37.8 Å². The third-order valence-electron chi connectivity index (χ3n) is 5.94. The van der Waals surface area contributed by atoms with Crippen molar-refractivity contribution in [1.29, 1.82) is 0 Å². The van der Waals surface area contributed by atoms with Gasteiger partial charge in [-0.25, -0.2) is 4.98 Å². The van der Waals surface area contributed by atoms with E-state index in [0.717, 1.165) is 23.6 Å². The van der Waals surface area contributed by atoms with Crippen LogP contribution in [0.5, 0.6) is 0 Å². The zero-order valence-electron chi connectivity index (χ0n) is 18.9. The van der Waals surface area contributed by atoms with Crippen molar-refractivity contribution in [2.24, 2.45) is 17.6 Å². The number of hydrogen-bond acceptors (Lipinski definition) is 5. The Labute approximate surface area is 190 Å². The van der Waals surface area contributed by atoms with Crippen molar-refractivity contribution in [3.8, 4) is 0 Å². The number of hydrogen-bond donors (Lipinski definition) is 3. The van der Waals surface area contributed by atoms with Crippen LogP contribution < -0.4 is 5.73 Å². The van der Waals surface area contributed by atoms with Crippen molar-refractivity contribution in [3.63, 3.8) is 0 Å². The fraction of sp³-hybridized carbons (Fsp3) is 0.565. The molecule has 1 unspecified atom stereocenters. The Balaban J connectivity index is 0.000000278. The molecule has 0 bridgehead atoms. The van der Waals surface area contributed by atoms with Crippen LogP contribution >= 0.6 is 0 Å². The standard InChI is InChI=1S/C16H27N3O2.C7H8O3S/c1-12-4-6-15(7-5-12)19-10-14(18-11-19)9-13(16(20)21)3-2-8-17;1-6-2-4-7(5-3-6)11(8,9)10/h10-13,15H,2-9,17H2,1H3,(H,20,21);2-5H,1H3,(H,8,9,10)/t12-,13?,15-;. The van der Waals surface area contributed by atoms with E-state index in [2.05, 4.69) is 16.5 Å². The average Bonchev–Trinajstić information content (AvgIpc) is 3.20. The Kier molecular flexibility index (Phi) is 9.86. The van der Waals surface area contributed by atoms with E-state index in [9.17, 15) is 18.3 Å². The van der Waals surface area contributed by atoms with Crippen LogP contribution in [0.25, 0.3) is 0 Å². The molecule has 2 aromatic rings. The van der Waals surface area contributed by atoms with Crippen molar-refractivity contribution >= 4 is 16.1 Å². The maximum atomic E-state index is 11.3. The Hall–Kier alpha value is -2.23. The summed E-state index contributed by atoms with van der Waals surface area (Å²) in [5.41, 5.74) is 7.31. The van der Waals surface area contributed by atoms with Crippen LogP contribution in [-0.4, -0.2) is 40.1 Å². The predicted octanol–water partition coefficient (Wildman–Crippen LogP) is 3.86. The van der Waals surface area contributed by atoms with Crippen LogP contribution in [0.3, 0.4) is 0 Å². The summed E-state index contributed by atoms with van der Waals surface area (Å²) in [7, 11) is -4.02. The summed E-state index contributed by atoms with van der Waals surface area (Å²) in [4.78, 5) is 15.6. The highest BCUT2D eigenvalue weighted by Gasteiger charge is 2.22. The van der Waals surface area contributed by atoms with E-state index in [1.807, 2.05) is 19.4 Å². The normalized spacial score (nSPS) is 19.6. The summed E-state index contributed by atoms with van der Waals surface area (Å²) >= 11 is 0. The molecule has 9 heteroatoms. The molecule has 1 aliphatic rings. The Morgan fingerprint density at radius 3 is 2.38 bits per heavy atom. The minimum Gasteiger partial charge on any atom is -0.481 e. The van der Waals surface area contributed by atoms with Crippen molar-refractivity contribution in [1.82, 2.24) is 9.55 Å². The molecule has 1 saturated carbocycles. The summed E-state index contributed by atoms with van der Waals surface area (Å²) in [5.74, 6) is -0.287. The lowest BCUT2D eigenvalue weighted by atomic mass is 9.87. The van der Waals surface area contributed by atoms with Crippen LogP contribution in [0.4, 0.5) is 0 Å². The minimum absolute atomic E-state index is 0.0666. The van der Waals surface area contributed by atoms with Gasteiger partial charge in [-0.3, -0.25) is 9.35 Å². The number of carbonyl (C=O) groups is 1. The van der Waals surface area contributed by atoms with Gasteiger partial charge in [0.05, 0.1) is 22.8 Å². The van der Waals surface area contributed by atoms with Crippen molar-refractivity contribution < 1.29 is 22.9 Å². The summed E-state index contributed by atoms with van der Waals surface area (Å²) in [6, 6.07) is 6.52. The van der Waals surface area contributed by atoms with Crippen molar-refractivity contribution in [2.75, 3.05) is 6.54 Å². The molecule has 32 heavy (non-hydrogen) atoms. The highest BCUT2D eigenvalue weighted by Crippen LogP contribution is 2.31. The van der Waals surface area contributed by atoms with Gasteiger partial charge < -0.3 is 15.4 Å². The van der Waals surface area contributed by atoms with E-state index in [4.69, 9.17) is 10.3 Å². The minimum atomic E-state index is -4.02. The largest absolute Gasteiger partial charge is 0.481 e. The molecule has 1 aromatic heterocycles. The van der Waals surface area contributed by atoms with E-state index in [-0.39, 0.29) is 10.8 Å². The third-order valence-corrected chi connectivity index (χ3v) is 6.81. The fourth-order valence-electron chi connectivity index (χ4n) is 3.87. The number of aliphatic carboxylic acids is 1. The summed E-state index contributed by atoms with van der Waals surface area (Å²) in [5, 5.41) is 9.27. The van der Waals surface area contributed by atoms with Gasteiger partial charge in [-0.05, 0) is 70.0 Å². The first-order valence-corrected chi connectivity index (χ1v) is 12.5. The Bertz CT molecular complexity index is 948. The average molecular weight is 466 g/mol. The van der Waals surface area contributed by atoms with Gasteiger partial charge in [-0.2, -0.15) is 8.42 Å². The van der Waals surface area contributed by atoms with Gasteiger partial charge in [0.15, 0.2) is 0 Å². The molecule has 3 rings (SSSR count). The molecule has 178 valence electrons. The van der Waals surface area contributed by atoms with Gasteiger partial charge in [-0.1, -0.05) is 24.6 Å². The lowest BCUT2D eigenvalue weighted by Crippen LogP contribution is -2.18. The number of nitrogens with zero attached hydrogens (tertiary/aromatic N) is 2. The molecular weight excluding hydrogens is 430 g/mol. The number of nitrogens with two attached hydrogens (primary N) is 1. The van der Waals surface area contributed by atoms with Gasteiger partial charge in [0, 0.05) is 18.7 Å². The van der Waals surface area contributed by atoms with Crippen LogP contribution in [0.2, 0.25) is 0 Å². The molecule has 1 fully saturated rings. The zero-order valence-corrected chi connectivity index (χ0v) is 19.7.